The Labute approximate surface area is 205 Å². The lowest BCUT2D eigenvalue weighted by molar-refractivity contribution is -0.120. The Balaban J connectivity index is 1.42. The van der Waals surface area contributed by atoms with Crippen LogP contribution in [0.25, 0.3) is 0 Å². The van der Waals surface area contributed by atoms with E-state index in [0.29, 0.717) is 35.7 Å². The molecular weight excluding hydrogens is 452 g/mol. The molecule has 1 unspecified atom stereocenters. The molecule has 180 valence electrons. The molecule has 0 aliphatic carbocycles. The molecule has 0 heterocycles. The van der Waals surface area contributed by atoms with E-state index < -0.39 is 6.10 Å². The standard InChI is InChI=1S/C27H31ClN2O4/c1-18(29-16-26(33)22-8-11-25(32)23(14-22)17-31)12-19-2-4-20(5-3-19)13-27(34)30-15-21-6-9-24(28)10-7-21/h2-11,14,18,26,29,31-33H,12-13,15-17H2,1H3,(H,30,34)/t18?,26-/m0/s1. The van der Waals surface area contributed by atoms with E-state index in [-0.39, 0.29) is 24.3 Å². The second-order valence-electron chi connectivity index (χ2n) is 8.47. The minimum Gasteiger partial charge on any atom is -0.508 e. The molecule has 0 bridgehead atoms. The zero-order valence-corrected chi connectivity index (χ0v) is 19.9. The highest BCUT2D eigenvalue weighted by atomic mass is 35.5. The average molecular weight is 483 g/mol. The molecule has 0 saturated heterocycles. The maximum Gasteiger partial charge on any atom is 0.224 e. The van der Waals surface area contributed by atoms with Crippen molar-refractivity contribution in [1.29, 1.82) is 0 Å². The van der Waals surface area contributed by atoms with Gasteiger partial charge in [-0.05, 0) is 59.9 Å². The predicted molar refractivity (Wildman–Crippen MR) is 134 cm³/mol. The van der Waals surface area contributed by atoms with Crippen molar-refractivity contribution in [2.75, 3.05) is 6.54 Å². The van der Waals surface area contributed by atoms with Crippen LogP contribution in [0.2, 0.25) is 5.02 Å². The summed E-state index contributed by atoms with van der Waals surface area (Å²) in [6.07, 6.45) is 0.339. The molecule has 2 atom stereocenters. The van der Waals surface area contributed by atoms with Gasteiger partial charge in [0.25, 0.3) is 0 Å². The first kappa shape index (κ1) is 25.7. The van der Waals surface area contributed by atoms with E-state index in [2.05, 4.69) is 10.6 Å². The SMILES string of the molecule is CC(Cc1ccc(CC(=O)NCc2ccc(Cl)cc2)cc1)NC[C@H](O)c1ccc(O)c(CO)c1. The van der Waals surface area contributed by atoms with Gasteiger partial charge in [0.05, 0.1) is 19.1 Å². The fourth-order valence-corrected chi connectivity index (χ4v) is 3.77. The van der Waals surface area contributed by atoms with Crippen LogP contribution in [-0.2, 0) is 30.8 Å². The molecule has 3 rings (SSSR count). The van der Waals surface area contributed by atoms with Crippen LogP contribution in [0, 0.1) is 0 Å². The van der Waals surface area contributed by atoms with Gasteiger partial charge >= 0.3 is 0 Å². The van der Waals surface area contributed by atoms with Gasteiger partial charge < -0.3 is 26.0 Å². The molecule has 0 spiro atoms. The molecule has 34 heavy (non-hydrogen) atoms. The summed E-state index contributed by atoms with van der Waals surface area (Å²) >= 11 is 5.88. The Bertz CT molecular complexity index is 1070. The number of phenols is 1. The summed E-state index contributed by atoms with van der Waals surface area (Å²) in [6.45, 7) is 2.58. The van der Waals surface area contributed by atoms with E-state index >= 15 is 0 Å². The van der Waals surface area contributed by atoms with Gasteiger partial charge in [0.15, 0.2) is 0 Å². The fourth-order valence-electron chi connectivity index (χ4n) is 3.64. The zero-order valence-electron chi connectivity index (χ0n) is 19.2. The van der Waals surface area contributed by atoms with Gasteiger partial charge in [0, 0.05) is 29.7 Å². The number of aromatic hydroxyl groups is 1. The van der Waals surface area contributed by atoms with Crippen LogP contribution in [0.5, 0.6) is 5.75 Å². The lowest BCUT2D eigenvalue weighted by Crippen LogP contribution is -2.32. The Morgan fingerprint density at radius 2 is 1.62 bits per heavy atom. The first-order chi connectivity index (χ1) is 16.3. The molecule has 0 aliphatic rings. The van der Waals surface area contributed by atoms with Gasteiger partial charge in [0.1, 0.15) is 5.75 Å². The average Bonchev–Trinajstić information content (AvgIpc) is 2.83. The summed E-state index contributed by atoms with van der Waals surface area (Å²) in [6, 6.07) is 20.2. The van der Waals surface area contributed by atoms with Gasteiger partial charge in [-0.1, -0.05) is 54.1 Å². The molecule has 7 heteroatoms. The normalized spacial score (nSPS) is 12.8. The van der Waals surface area contributed by atoms with Crippen LogP contribution in [0.3, 0.4) is 0 Å². The van der Waals surface area contributed by atoms with Gasteiger partial charge in [-0.2, -0.15) is 0 Å². The molecular formula is C27H31ClN2O4. The van der Waals surface area contributed by atoms with Crippen molar-refractivity contribution in [3.05, 3.63) is 99.6 Å². The molecule has 3 aromatic carbocycles. The maximum absolute atomic E-state index is 12.2. The fraction of sp³-hybridized carbons (Fsp3) is 0.296. The molecule has 6 nitrogen and oxygen atoms in total. The summed E-state index contributed by atoms with van der Waals surface area (Å²) in [5.41, 5.74) is 4.11. The van der Waals surface area contributed by atoms with Crippen molar-refractivity contribution in [3.63, 3.8) is 0 Å². The van der Waals surface area contributed by atoms with Gasteiger partial charge in [-0.15, -0.1) is 0 Å². The lowest BCUT2D eigenvalue weighted by atomic mass is 10.0. The highest BCUT2D eigenvalue weighted by Gasteiger charge is 2.12. The Morgan fingerprint density at radius 1 is 0.971 bits per heavy atom. The van der Waals surface area contributed by atoms with Gasteiger partial charge in [-0.3, -0.25) is 4.79 Å². The number of halogens is 1. The minimum atomic E-state index is -0.748. The van der Waals surface area contributed by atoms with Crippen LogP contribution >= 0.6 is 11.6 Å². The molecule has 0 radical (unpaired) electrons. The van der Waals surface area contributed by atoms with E-state index in [1.54, 1.807) is 24.3 Å². The number of aliphatic hydroxyl groups excluding tert-OH is 2. The Kier molecular flexibility index (Phi) is 9.48. The largest absolute Gasteiger partial charge is 0.508 e. The Morgan fingerprint density at radius 3 is 2.29 bits per heavy atom. The number of aliphatic hydroxyl groups is 2. The van der Waals surface area contributed by atoms with Crippen molar-refractivity contribution < 1.29 is 20.1 Å². The molecule has 0 saturated carbocycles. The van der Waals surface area contributed by atoms with Gasteiger partial charge in [0.2, 0.25) is 5.91 Å². The van der Waals surface area contributed by atoms with E-state index in [9.17, 15) is 20.1 Å². The lowest BCUT2D eigenvalue weighted by Gasteiger charge is -2.18. The molecule has 1 amide bonds. The summed E-state index contributed by atoms with van der Waals surface area (Å²) < 4.78 is 0. The third kappa shape index (κ3) is 7.85. The number of hydrogen-bond donors (Lipinski definition) is 5. The van der Waals surface area contributed by atoms with E-state index in [4.69, 9.17) is 11.6 Å². The summed E-state index contributed by atoms with van der Waals surface area (Å²) in [5, 5.41) is 36.3. The number of benzene rings is 3. The van der Waals surface area contributed by atoms with E-state index in [1.807, 2.05) is 43.3 Å². The monoisotopic (exact) mass is 482 g/mol. The molecule has 3 aromatic rings. The second kappa shape index (κ2) is 12.5. The number of carbonyl (C=O) groups is 1. The Hall–Kier alpha value is -2.90. The molecule has 0 aliphatic heterocycles. The van der Waals surface area contributed by atoms with Crippen molar-refractivity contribution in [1.82, 2.24) is 10.6 Å². The number of nitrogens with one attached hydrogen (secondary N) is 2. The van der Waals surface area contributed by atoms with Crippen molar-refractivity contribution in [2.45, 2.75) is 45.1 Å². The summed E-state index contributed by atoms with van der Waals surface area (Å²) in [7, 11) is 0. The maximum atomic E-state index is 12.2. The first-order valence-corrected chi connectivity index (χ1v) is 11.6. The van der Waals surface area contributed by atoms with Crippen LogP contribution < -0.4 is 10.6 Å². The van der Waals surface area contributed by atoms with Crippen molar-refractivity contribution in [3.8, 4) is 5.75 Å². The molecule has 0 aromatic heterocycles. The number of amides is 1. The third-order valence-corrected chi connectivity index (χ3v) is 5.90. The van der Waals surface area contributed by atoms with Crippen LogP contribution in [0.15, 0.2) is 66.7 Å². The van der Waals surface area contributed by atoms with Crippen molar-refractivity contribution >= 4 is 17.5 Å². The first-order valence-electron chi connectivity index (χ1n) is 11.3. The highest BCUT2D eigenvalue weighted by Crippen LogP contribution is 2.22. The highest BCUT2D eigenvalue weighted by molar-refractivity contribution is 6.30. The molecule has 5 N–H and O–H groups in total. The number of hydrogen-bond acceptors (Lipinski definition) is 5. The quantitative estimate of drug-likeness (QED) is 0.287. The van der Waals surface area contributed by atoms with E-state index in [0.717, 1.165) is 23.1 Å². The third-order valence-electron chi connectivity index (χ3n) is 5.65. The number of carbonyl (C=O) groups excluding carboxylic acids is 1. The number of rotatable bonds is 11. The van der Waals surface area contributed by atoms with Crippen LogP contribution in [-0.4, -0.2) is 33.8 Å². The zero-order chi connectivity index (χ0) is 24.5. The topological polar surface area (TPSA) is 102 Å². The van der Waals surface area contributed by atoms with Crippen molar-refractivity contribution in [2.24, 2.45) is 0 Å². The van der Waals surface area contributed by atoms with E-state index in [1.165, 1.54) is 6.07 Å². The summed E-state index contributed by atoms with van der Waals surface area (Å²) in [5.74, 6) is -0.0208. The predicted octanol–water partition coefficient (Wildman–Crippen LogP) is 3.65. The molecule has 0 fully saturated rings. The smallest absolute Gasteiger partial charge is 0.224 e. The summed E-state index contributed by atoms with van der Waals surface area (Å²) in [4.78, 5) is 12.2. The minimum absolute atomic E-state index is 0.0160. The van der Waals surface area contributed by atoms with Crippen LogP contribution in [0.4, 0.5) is 0 Å². The van der Waals surface area contributed by atoms with Gasteiger partial charge in [-0.25, -0.2) is 0 Å². The van der Waals surface area contributed by atoms with Crippen LogP contribution in [0.1, 0.15) is 40.8 Å². The second-order valence-corrected chi connectivity index (χ2v) is 8.91.